The van der Waals surface area contributed by atoms with Crippen LogP contribution in [0.5, 0.6) is 5.75 Å². The van der Waals surface area contributed by atoms with Gasteiger partial charge in [-0.05, 0) is 18.2 Å². The molecule has 1 aromatic carbocycles. The second-order valence-corrected chi connectivity index (χ2v) is 3.18. The molecular formula is C10H13FN2O2. The predicted molar refractivity (Wildman–Crippen MR) is 54.1 cm³/mol. The van der Waals surface area contributed by atoms with Crippen molar-refractivity contribution in [1.29, 1.82) is 0 Å². The molecule has 0 aromatic heterocycles. The van der Waals surface area contributed by atoms with Gasteiger partial charge >= 0.3 is 0 Å². The summed E-state index contributed by atoms with van der Waals surface area (Å²) in [5.74, 6) is -0.790. The summed E-state index contributed by atoms with van der Waals surface area (Å²) in [5.41, 5.74) is 2.76. The SMILES string of the molecule is COc1ccc(C(=O)NN(C)C)cc1F. The van der Waals surface area contributed by atoms with Crippen molar-refractivity contribution in [3.63, 3.8) is 0 Å². The number of rotatable bonds is 3. The fraction of sp³-hybridized carbons (Fsp3) is 0.300. The van der Waals surface area contributed by atoms with E-state index in [2.05, 4.69) is 5.43 Å². The van der Waals surface area contributed by atoms with E-state index in [0.29, 0.717) is 0 Å². The normalized spacial score (nSPS) is 10.2. The van der Waals surface area contributed by atoms with E-state index >= 15 is 0 Å². The van der Waals surface area contributed by atoms with E-state index in [-0.39, 0.29) is 17.2 Å². The molecule has 1 aromatic rings. The number of nitrogens with zero attached hydrogens (tertiary/aromatic N) is 1. The summed E-state index contributed by atoms with van der Waals surface area (Å²) in [4.78, 5) is 11.4. The lowest BCUT2D eigenvalue weighted by Gasteiger charge is -2.12. The van der Waals surface area contributed by atoms with Crippen molar-refractivity contribution in [2.24, 2.45) is 0 Å². The third kappa shape index (κ3) is 2.92. The van der Waals surface area contributed by atoms with Crippen LogP contribution in [0.3, 0.4) is 0 Å². The number of amides is 1. The highest BCUT2D eigenvalue weighted by Crippen LogP contribution is 2.17. The van der Waals surface area contributed by atoms with Gasteiger partial charge in [0.05, 0.1) is 7.11 Å². The molecule has 1 N–H and O–H groups in total. The van der Waals surface area contributed by atoms with Gasteiger partial charge in [-0.2, -0.15) is 0 Å². The molecule has 15 heavy (non-hydrogen) atoms. The lowest BCUT2D eigenvalue weighted by atomic mass is 10.2. The molecule has 0 heterocycles. The van der Waals surface area contributed by atoms with Crippen LogP contribution in [0, 0.1) is 5.82 Å². The van der Waals surface area contributed by atoms with Crippen LogP contribution in [0.2, 0.25) is 0 Å². The summed E-state index contributed by atoms with van der Waals surface area (Å²) in [6, 6.07) is 4.05. The minimum atomic E-state index is -0.552. The first-order chi connectivity index (χ1) is 7.04. The van der Waals surface area contributed by atoms with Crippen molar-refractivity contribution in [2.75, 3.05) is 21.2 Å². The number of halogens is 1. The van der Waals surface area contributed by atoms with Crippen LogP contribution in [0.15, 0.2) is 18.2 Å². The van der Waals surface area contributed by atoms with E-state index in [1.54, 1.807) is 14.1 Å². The highest BCUT2D eigenvalue weighted by molar-refractivity contribution is 5.93. The zero-order chi connectivity index (χ0) is 11.4. The molecule has 0 unspecified atom stereocenters. The first kappa shape index (κ1) is 11.5. The smallest absolute Gasteiger partial charge is 0.265 e. The van der Waals surface area contributed by atoms with E-state index in [1.165, 1.54) is 24.3 Å². The largest absolute Gasteiger partial charge is 0.494 e. The summed E-state index contributed by atoms with van der Waals surface area (Å²) in [6.45, 7) is 0. The van der Waals surface area contributed by atoms with Crippen molar-refractivity contribution in [1.82, 2.24) is 10.4 Å². The van der Waals surface area contributed by atoms with E-state index in [1.807, 2.05) is 0 Å². The van der Waals surface area contributed by atoms with Crippen LogP contribution in [0.25, 0.3) is 0 Å². The number of benzene rings is 1. The molecule has 5 heteroatoms. The molecule has 0 aliphatic rings. The first-order valence-corrected chi connectivity index (χ1v) is 4.36. The number of carbonyl (C=O) groups excluding carboxylic acids is 1. The average Bonchev–Trinajstić information content (AvgIpc) is 2.16. The Balaban J connectivity index is 2.87. The number of hydrogen-bond acceptors (Lipinski definition) is 3. The molecule has 0 saturated heterocycles. The third-order valence-corrected chi connectivity index (χ3v) is 1.74. The molecule has 0 aliphatic carbocycles. The van der Waals surface area contributed by atoms with Crippen LogP contribution in [-0.2, 0) is 0 Å². The third-order valence-electron chi connectivity index (χ3n) is 1.74. The van der Waals surface area contributed by atoms with Crippen LogP contribution in [-0.4, -0.2) is 32.1 Å². The Kier molecular flexibility index (Phi) is 3.62. The minimum absolute atomic E-state index is 0.122. The lowest BCUT2D eigenvalue weighted by molar-refractivity contribution is 0.0856. The second-order valence-electron chi connectivity index (χ2n) is 3.18. The quantitative estimate of drug-likeness (QED) is 0.761. The fourth-order valence-electron chi connectivity index (χ4n) is 1.08. The Morgan fingerprint density at radius 2 is 2.13 bits per heavy atom. The number of methoxy groups -OCH3 is 1. The summed E-state index contributed by atoms with van der Waals surface area (Å²) < 4.78 is 18.0. The van der Waals surface area contributed by atoms with Crippen LogP contribution < -0.4 is 10.2 Å². The monoisotopic (exact) mass is 212 g/mol. The molecule has 0 spiro atoms. The van der Waals surface area contributed by atoms with Crippen molar-refractivity contribution < 1.29 is 13.9 Å². The van der Waals surface area contributed by atoms with Gasteiger partial charge in [0.2, 0.25) is 0 Å². The van der Waals surface area contributed by atoms with Crippen LogP contribution in [0.1, 0.15) is 10.4 Å². The molecule has 0 radical (unpaired) electrons. The molecule has 82 valence electrons. The molecule has 0 aliphatic heterocycles. The lowest BCUT2D eigenvalue weighted by Crippen LogP contribution is -2.36. The highest BCUT2D eigenvalue weighted by atomic mass is 19.1. The molecule has 0 fully saturated rings. The number of hydrazine groups is 1. The topological polar surface area (TPSA) is 41.6 Å². The van der Waals surface area contributed by atoms with Crippen molar-refractivity contribution >= 4 is 5.91 Å². The van der Waals surface area contributed by atoms with Crippen molar-refractivity contribution in [2.45, 2.75) is 0 Å². The molecule has 0 atom stereocenters. The van der Waals surface area contributed by atoms with Gasteiger partial charge in [0.1, 0.15) is 0 Å². The molecule has 0 saturated carbocycles. The maximum atomic E-state index is 13.2. The fourth-order valence-corrected chi connectivity index (χ4v) is 1.08. The summed E-state index contributed by atoms with van der Waals surface area (Å²) in [5, 5.41) is 1.49. The number of carbonyl (C=O) groups is 1. The zero-order valence-electron chi connectivity index (χ0n) is 8.87. The average molecular weight is 212 g/mol. The highest BCUT2D eigenvalue weighted by Gasteiger charge is 2.09. The van der Waals surface area contributed by atoms with E-state index in [4.69, 9.17) is 4.74 Å². The van der Waals surface area contributed by atoms with E-state index in [9.17, 15) is 9.18 Å². The summed E-state index contributed by atoms with van der Waals surface area (Å²) >= 11 is 0. The van der Waals surface area contributed by atoms with Crippen LogP contribution in [0.4, 0.5) is 4.39 Å². The maximum Gasteiger partial charge on any atom is 0.265 e. The van der Waals surface area contributed by atoms with E-state index in [0.717, 1.165) is 6.07 Å². The van der Waals surface area contributed by atoms with Gasteiger partial charge in [-0.25, -0.2) is 9.40 Å². The van der Waals surface area contributed by atoms with Crippen molar-refractivity contribution in [3.05, 3.63) is 29.6 Å². The molecular weight excluding hydrogens is 199 g/mol. The molecule has 1 rings (SSSR count). The Bertz CT molecular complexity index is 366. The van der Waals surface area contributed by atoms with Gasteiger partial charge in [0, 0.05) is 19.7 Å². The van der Waals surface area contributed by atoms with Crippen molar-refractivity contribution in [3.8, 4) is 5.75 Å². The number of hydrogen-bond donors (Lipinski definition) is 1. The van der Waals surface area contributed by atoms with Gasteiger partial charge in [-0.1, -0.05) is 0 Å². The van der Waals surface area contributed by atoms with Gasteiger partial charge in [-0.3, -0.25) is 10.2 Å². The Labute approximate surface area is 87.6 Å². The van der Waals surface area contributed by atoms with Gasteiger partial charge in [0.15, 0.2) is 11.6 Å². The van der Waals surface area contributed by atoms with Gasteiger partial charge in [-0.15, -0.1) is 0 Å². The zero-order valence-corrected chi connectivity index (χ0v) is 8.87. The molecule has 0 bridgehead atoms. The summed E-state index contributed by atoms with van der Waals surface area (Å²) in [6.07, 6.45) is 0. The van der Waals surface area contributed by atoms with E-state index < -0.39 is 5.82 Å². The van der Waals surface area contributed by atoms with Crippen LogP contribution >= 0.6 is 0 Å². The molecule has 4 nitrogen and oxygen atoms in total. The second kappa shape index (κ2) is 4.75. The first-order valence-electron chi connectivity index (χ1n) is 4.36. The predicted octanol–water partition coefficient (Wildman–Crippen LogP) is 1.04. The Morgan fingerprint density at radius 1 is 1.47 bits per heavy atom. The Morgan fingerprint density at radius 3 is 2.60 bits per heavy atom. The summed E-state index contributed by atoms with van der Waals surface area (Å²) in [7, 11) is 4.73. The number of nitrogens with one attached hydrogen (secondary N) is 1. The van der Waals surface area contributed by atoms with Gasteiger partial charge < -0.3 is 4.74 Å². The standard InChI is InChI=1S/C10H13FN2O2/c1-13(2)12-10(14)7-4-5-9(15-3)8(11)6-7/h4-6H,1-3H3,(H,12,14). The number of ether oxygens (including phenoxy) is 1. The maximum absolute atomic E-state index is 13.2. The molecule has 1 amide bonds. The van der Waals surface area contributed by atoms with Gasteiger partial charge in [0.25, 0.3) is 5.91 Å². The minimum Gasteiger partial charge on any atom is -0.494 e. The Hall–Kier alpha value is -1.62.